The predicted octanol–water partition coefficient (Wildman–Crippen LogP) is 0.707. The second kappa shape index (κ2) is 3.40. The van der Waals surface area contributed by atoms with Crippen LogP contribution in [0, 0.1) is 0 Å². The number of imidazole rings is 1. The Labute approximate surface area is 63.3 Å². The summed E-state index contributed by atoms with van der Waals surface area (Å²) >= 11 is 0. The van der Waals surface area contributed by atoms with Gasteiger partial charge in [-0.25, -0.2) is 19.9 Å². The molecule has 1 amide bonds. The Morgan fingerprint density at radius 2 is 2.64 bits per heavy atom. The van der Waals surface area contributed by atoms with Gasteiger partial charge in [0.15, 0.2) is 0 Å². The van der Waals surface area contributed by atoms with Crippen LogP contribution in [-0.4, -0.2) is 15.8 Å². The van der Waals surface area contributed by atoms with Crippen LogP contribution in [0.15, 0.2) is 31.6 Å². The van der Waals surface area contributed by atoms with Crippen LogP contribution >= 0.6 is 0 Å². The topological polar surface area (TPSA) is 56.1 Å². The summed E-state index contributed by atoms with van der Waals surface area (Å²) in [7, 11) is 0. The molecule has 0 radical (unpaired) electrons. The molecule has 0 aliphatic carbocycles. The molecular formula is C6H7N3O2. The number of rotatable bonds is 2. The van der Waals surface area contributed by atoms with Crippen LogP contribution in [0.25, 0.3) is 0 Å². The number of hydrogen-bond donors (Lipinski definition) is 1. The highest BCUT2D eigenvalue weighted by molar-refractivity contribution is 5.76. The van der Waals surface area contributed by atoms with Crippen molar-refractivity contribution in [2.75, 3.05) is 5.43 Å². The lowest BCUT2D eigenvalue weighted by atomic mass is 10.9. The highest BCUT2D eigenvalue weighted by Crippen LogP contribution is 1.83. The Morgan fingerprint density at radius 3 is 3.18 bits per heavy atom. The van der Waals surface area contributed by atoms with Gasteiger partial charge in [0, 0.05) is 12.4 Å². The zero-order valence-corrected chi connectivity index (χ0v) is 5.73. The fourth-order valence-electron chi connectivity index (χ4n) is 0.533. The zero-order chi connectivity index (χ0) is 8.10. The van der Waals surface area contributed by atoms with E-state index < -0.39 is 6.09 Å². The minimum absolute atomic E-state index is 0.599. The summed E-state index contributed by atoms with van der Waals surface area (Å²) < 4.78 is 5.75. The molecule has 0 fully saturated rings. The Bertz CT molecular complexity index is 242. The molecule has 0 saturated heterocycles. The Kier molecular flexibility index (Phi) is 2.27. The van der Waals surface area contributed by atoms with Crippen LogP contribution in [0.1, 0.15) is 0 Å². The molecule has 58 valence electrons. The average molecular weight is 153 g/mol. The van der Waals surface area contributed by atoms with E-state index in [1.165, 1.54) is 17.2 Å². The number of amides is 1. The van der Waals surface area contributed by atoms with Gasteiger partial charge < -0.3 is 4.74 Å². The second-order valence-corrected chi connectivity index (χ2v) is 1.65. The summed E-state index contributed by atoms with van der Waals surface area (Å²) in [6, 6.07) is 0. The summed E-state index contributed by atoms with van der Waals surface area (Å²) in [4.78, 5) is 14.4. The average Bonchev–Trinajstić information content (AvgIpc) is 2.40. The van der Waals surface area contributed by atoms with Gasteiger partial charge in [0.05, 0.1) is 6.26 Å². The zero-order valence-electron chi connectivity index (χ0n) is 5.73. The normalized spacial score (nSPS) is 8.73. The third-order valence-corrected chi connectivity index (χ3v) is 0.915. The van der Waals surface area contributed by atoms with Gasteiger partial charge in [-0.2, -0.15) is 0 Å². The number of hydrogen-bond acceptors (Lipinski definition) is 3. The maximum Gasteiger partial charge on any atom is 0.431 e. The molecular weight excluding hydrogens is 146 g/mol. The van der Waals surface area contributed by atoms with Crippen molar-refractivity contribution in [3.8, 4) is 0 Å². The monoisotopic (exact) mass is 153 g/mol. The van der Waals surface area contributed by atoms with Gasteiger partial charge in [-0.15, -0.1) is 0 Å². The lowest BCUT2D eigenvalue weighted by Crippen LogP contribution is -2.20. The van der Waals surface area contributed by atoms with Crippen LogP contribution in [0.5, 0.6) is 0 Å². The quantitative estimate of drug-likeness (QED) is 0.636. The fourth-order valence-corrected chi connectivity index (χ4v) is 0.533. The van der Waals surface area contributed by atoms with E-state index in [0.29, 0.717) is 0 Å². The molecule has 1 N–H and O–H groups in total. The summed E-state index contributed by atoms with van der Waals surface area (Å²) in [5.41, 5.74) is 2.34. The van der Waals surface area contributed by atoms with Gasteiger partial charge in [-0.05, 0) is 0 Å². The predicted molar refractivity (Wildman–Crippen MR) is 38.3 cm³/mol. The maximum absolute atomic E-state index is 10.7. The Morgan fingerprint density at radius 1 is 1.82 bits per heavy atom. The third-order valence-electron chi connectivity index (χ3n) is 0.915. The van der Waals surface area contributed by atoms with E-state index >= 15 is 0 Å². The van der Waals surface area contributed by atoms with E-state index in [0.717, 1.165) is 6.26 Å². The van der Waals surface area contributed by atoms with Crippen molar-refractivity contribution in [2.24, 2.45) is 0 Å². The van der Waals surface area contributed by atoms with Crippen LogP contribution in [0.2, 0.25) is 0 Å². The standard InChI is InChI=1S/C6H7N3O2/c1-2-11-6(10)8-9-4-3-7-5-9/h2-5H,1H2,(H,8,10). The van der Waals surface area contributed by atoms with Crippen molar-refractivity contribution in [1.29, 1.82) is 0 Å². The van der Waals surface area contributed by atoms with Gasteiger partial charge >= 0.3 is 6.09 Å². The lowest BCUT2D eigenvalue weighted by Gasteiger charge is -2.01. The van der Waals surface area contributed by atoms with E-state index in [2.05, 4.69) is 21.7 Å². The highest BCUT2D eigenvalue weighted by Gasteiger charge is 1.97. The molecule has 0 aliphatic heterocycles. The van der Waals surface area contributed by atoms with Crippen molar-refractivity contribution in [3.63, 3.8) is 0 Å². The molecule has 5 nitrogen and oxygen atoms in total. The number of aromatic nitrogens is 2. The molecule has 1 aromatic heterocycles. The van der Waals surface area contributed by atoms with Gasteiger partial charge in [0.2, 0.25) is 0 Å². The number of nitrogens with zero attached hydrogens (tertiary/aromatic N) is 2. The van der Waals surface area contributed by atoms with Crippen molar-refractivity contribution < 1.29 is 9.53 Å². The van der Waals surface area contributed by atoms with Gasteiger partial charge in [-0.1, -0.05) is 6.58 Å². The van der Waals surface area contributed by atoms with Crippen LogP contribution in [-0.2, 0) is 4.74 Å². The lowest BCUT2D eigenvalue weighted by molar-refractivity contribution is 0.197. The SMILES string of the molecule is C=COC(=O)Nn1ccnc1. The molecule has 0 saturated carbocycles. The first kappa shape index (κ1) is 7.33. The van der Waals surface area contributed by atoms with Crippen molar-refractivity contribution in [1.82, 2.24) is 9.66 Å². The largest absolute Gasteiger partial charge is 0.431 e. The molecule has 0 aromatic carbocycles. The summed E-state index contributed by atoms with van der Waals surface area (Å²) in [6.45, 7) is 3.22. The molecule has 5 heteroatoms. The van der Waals surface area contributed by atoms with Crippen molar-refractivity contribution in [3.05, 3.63) is 31.6 Å². The summed E-state index contributed by atoms with van der Waals surface area (Å²) in [5.74, 6) is 0. The number of carbonyl (C=O) groups excluding carboxylic acids is 1. The summed E-state index contributed by atoms with van der Waals surface area (Å²) in [5, 5.41) is 0. The molecule has 0 aliphatic rings. The Hall–Kier alpha value is -1.78. The molecule has 1 aromatic rings. The molecule has 1 heterocycles. The Balaban J connectivity index is 2.43. The molecule has 1 rings (SSSR count). The van der Waals surface area contributed by atoms with E-state index in [4.69, 9.17) is 0 Å². The summed E-state index contributed by atoms with van der Waals surface area (Å²) in [6.07, 6.45) is 4.99. The first-order valence-corrected chi connectivity index (χ1v) is 2.89. The highest BCUT2D eigenvalue weighted by atomic mass is 16.5. The van der Waals surface area contributed by atoms with E-state index in [1.807, 2.05) is 0 Å². The molecule has 11 heavy (non-hydrogen) atoms. The number of nitrogens with one attached hydrogen (secondary N) is 1. The van der Waals surface area contributed by atoms with Gasteiger partial charge in [0.25, 0.3) is 0 Å². The molecule has 0 atom stereocenters. The van der Waals surface area contributed by atoms with Gasteiger partial charge in [-0.3, -0.25) is 0 Å². The minimum atomic E-state index is -0.599. The first-order chi connectivity index (χ1) is 5.33. The maximum atomic E-state index is 10.7. The van der Waals surface area contributed by atoms with Crippen molar-refractivity contribution in [2.45, 2.75) is 0 Å². The molecule has 0 bridgehead atoms. The smallest absolute Gasteiger partial charge is 0.418 e. The van der Waals surface area contributed by atoms with Crippen molar-refractivity contribution >= 4 is 6.09 Å². The van der Waals surface area contributed by atoms with E-state index in [-0.39, 0.29) is 0 Å². The third kappa shape index (κ3) is 2.13. The molecule has 0 spiro atoms. The van der Waals surface area contributed by atoms with Crippen LogP contribution in [0.3, 0.4) is 0 Å². The first-order valence-electron chi connectivity index (χ1n) is 2.89. The second-order valence-electron chi connectivity index (χ2n) is 1.65. The van der Waals surface area contributed by atoms with E-state index in [1.54, 1.807) is 6.20 Å². The van der Waals surface area contributed by atoms with Gasteiger partial charge in [0.1, 0.15) is 6.33 Å². The van der Waals surface area contributed by atoms with E-state index in [9.17, 15) is 4.79 Å². The molecule has 0 unspecified atom stereocenters. The van der Waals surface area contributed by atoms with Crippen LogP contribution in [0.4, 0.5) is 4.79 Å². The minimum Gasteiger partial charge on any atom is -0.418 e. The number of carbonyl (C=O) groups is 1. The fraction of sp³-hybridized carbons (Fsp3) is 0. The number of ether oxygens (including phenoxy) is 1. The van der Waals surface area contributed by atoms with Crippen LogP contribution < -0.4 is 5.43 Å².